The molecule has 3 saturated carbocycles. The van der Waals surface area contributed by atoms with E-state index in [-0.39, 0.29) is 0 Å². The summed E-state index contributed by atoms with van der Waals surface area (Å²) in [4.78, 5) is 2.47. The molecule has 1 heterocycles. The van der Waals surface area contributed by atoms with Crippen molar-refractivity contribution in [2.24, 2.45) is 17.3 Å². The maximum Gasteiger partial charge on any atom is 0.254 e. The second kappa shape index (κ2) is 4.61. The quantitative estimate of drug-likeness (QED) is 0.671. The van der Waals surface area contributed by atoms with Gasteiger partial charge < -0.3 is 4.81 Å². The van der Waals surface area contributed by atoms with E-state index in [9.17, 15) is 0 Å². The molecule has 4 aliphatic rings. The van der Waals surface area contributed by atoms with Gasteiger partial charge in [0.05, 0.1) is 0 Å². The van der Waals surface area contributed by atoms with E-state index < -0.39 is 8.07 Å². The molecule has 0 aromatic rings. The Morgan fingerprint density at radius 2 is 1.86 bits per heavy atom. The van der Waals surface area contributed by atoms with E-state index in [1.165, 1.54) is 12.8 Å². The standard InChI is InChI=1S/C18H32BNSi/c1-12-14-9-13-10-16(18(13,2)3)15(14)11-19(20(4)5)17(12)21(6,7)8/h11,13,16-17H,9-10H2,1-8H3/t13-,16-,17+/m0/s1. The molecule has 0 saturated heterocycles. The highest BCUT2D eigenvalue weighted by molar-refractivity contribution is 6.91. The largest absolute Gasteiger partial charge is 0.344 e. The number of rotatable bonds is 2. The number of allylic oxidation sites excluding steroid dienone is 3. The van der Waals surface area contributed by atoms with Gasteiger partial charge in [0.1, 0.15) is 0 Å². The lowest BCUT2D eigenvalue weighted by atomic mass is 9.40. The van der Waals surface area contributed by atoms with Crippen LogP contribution in [0.3, 0.4) is 0 Å². The molecule has 0 unspecified atom stereocenters. The summed E-state index contributed by atoms with van der Waals surface area (Å²) in [5.41, 5.74) is 6.56. The van der Waals surface area contributed by atoms with Crippen molar-refractivity contribution in [1.29, 1.82) is 0 Å². The predicted octanol–water partition coefficient (Wildman–Crippen LogP) is 4.65. The van der Waals surface area contributed by atoms with Gasteiger partial charge in [0.2, 0.25) is 0 Å². The van der Waals surface area contributed by atoms with Crippen LogP contribution in [0.25, 0.3) is 0 Å². The minimum Gasteiger partial charge on any atom is -0.344 e. The van der Waals surface area contributed by atoms with Crippen LogP contribution >= 0.6 is 0 Å². The van der Waals surface area contributed by atoms with Gasteiger partial charge in [-0.3, -0.25) is 0 Å². The first-order valence-electron chi connectivity index (χ1n) is 8.63. The van der Waals surface area contributed by atoms with E-state index in [0.717, 1.165) is 17.3 Å². The highest BCUT2D eigenvalue weighted by atomic mass is 28.3. The van der Waals surface area contributed by atoms with Crippen molar-refractivity contribution in [2.45, 2.75) is 58.7 Å². The molecule has 3 heteroatoms. The fraction of sp³-hybridized carbons (Fsp3) is 0.778. The molecule has 116 valence electrons. The molecule has 1 nitrogen and oxygen atoms in total. The van der Waals surface area contributed by atoms with Gasteiger partial charge in [0.15, 0.2) is 0 Å². The van der Waals surface area contributed by atoms with Crippen molar-refractivity contribution >= 4 is 14.9 Å². The van der Waals surface area contributed by atoms with Crippen molar-refractivity contribution in [3.63, 3.8) is 0 Å². The van der Waals surface area contributed by atoms with E-state index in [2.05, 4.69) is 65.3 Å². The van der Waals surface area contributed by atoms with Crippen molar-refractivity contribution in [2.75, 3.05) is 14.1 Å². The summed E-state index contributed by atoms with van der Waals surface area (Å²) in [6.45, 7) is 15.7. The van der Waals surface area contributed by atoms with Gasteiger partial charge in [-0.05, 0) is 62.1 Å². The third kappa shape index (κ3) is 2.15. The zero-order chi connectivity index (χ0) is 15.7. The Labute approximate surface area is 133 Å². The first-order valence-corrected chi connectivity index (χ1v) is 12.2. The highest BCUT2D eigenvalue weighted by Gasteiger charge is 2.56. The lowest BCUT2D eigenvalue weighted by Gasteiger charge is -2.60. The molecule has 0 radical (unpaired) electrons. The van der Waals surface area contributed by atoms with Crippen molar-refractivity contribution in [3.05, 3.63) is 22.7 Å². The van der Waals surface area contributed by atoms with Crippen LogP contribution in [0.1, 0.15) is 33.6 Å². The maximum absolute atomic E-state index is 2.67. The van der Waals surface area contributed by atoms with Crippen molar-refractivity contribution < 1.29 is 0 Å². The van der Waals surface area contributed by atoms with Gasteiger partial charge in [-0.15, -0.1) is 0 Å². The summed E-state index contributed by atoms with van der Waals surface area (Å²) in [6.07, 6.45) is 2.79. The average molecular weight is 301 g/mol. The van der Waals surface area contributed by atoms with Crippen LogP contribution < -0.4 is 0 Å². The van der Waals surface area contributed by atoms with E-state index in [0.29, 0.717) is 12.3 Å². The molecule has 3 fully saturated rings. The molecule has 3 atom stereocenters. The summed E-state index contributed by atoms with van der Waals surface area (Å²) in [6, 6.07) is 0. The monoisotopic (exact) mass is 301 g/mol. The Balaban J connectivity index is 2.07. The van der Waals surface area contributed by atoms with Crippen LogP contribution in [-0.4, -0.2) is 33.8 Å². The Bertz CT molecular complexity index is 524. The summed E-state index contributed by atoms with van der Waals surface area (Å²) >= 11 is 0. The maximum atomic E-state index is 2.67. The molecule has 21 heavy (non-hydrogen) atoms. The Hall–Kier alpha value is -0.278. The third-order valence-corrected chi connectivity index (χ3v) is 9.45. The van der Waals surface area contributed by atoms with Crippen LogP contribution in [-0.2, 0) is 0 Å². The van der Waals surface area contributed by atoms with E-state index in [1.807, 2.05) is 0 Å². The minimum atomic E-state index is -1.21. The fourth-order valence-corrected chi connectivity index (χ4v) is 8.30. The zero-order valence-electron chi connectivity index (χ0n) is 15.2. The van der Waals surface area contributed by atoms with Crippen molar-refractivity contribution in [1.82, 2.24) is 4.81 Å². The number of hydrogen-bond acceptors (Lipinski definition) is 1. The fourth-order valence-electron chi connectivity index (χ4n) is 5.40. The summed E-state index contributed by atoms with van der Waals surface area (Å²) in [5, 5.41) is 0. The SMILES string of the molecule is CC1=C2C[C@H]3C[C@@H](C2=CB(N(C)C)[C@@H]1[Si](C)(C)C)C3(C)C. The molecular weight excluding hydrogens is 269 g/mol. The second-order valence-corrected chi connectivity index (χ2v) is 14.9. The van der Waals surface area contributed by atoms with Crippen LogP contribution in [0.5, 0.6) is 0 Å². The van der Waals surface area contributed by atoms with Gasteiger partial charge in [0, 0.05) is 8.07 Å². The van der Waals surface area contributed by atoms with Crippen LogP contribution in [0.2, 0.25) is 25.1 Å². The lowest BCUT2D eigenvalue weighted by molar-refractivity contribution is -0.0117. The smallest absolute Gasteiger partial charge is 0.254 e. The number of hydrogen-bond donors (Lipinski definition) is 0. The van der Waals surface area contributed by atoms with E-state index >= 15 is 0 Å². The van der Waals surface area contributed by atoms with Crippen molar-refractivity contribution in [3.8, 4) is 0 Å². The molecule has 0 aromatic carbocycles. The molecular formula is C18H32BNSi. The average Bonchev–Trinajstić information content (AvgIpc) is 2.35. The second-order valence-electron chi connectivity index (χ2n) is 9.59. The first kappa shape index (κ1) is 15.6. The predicted molar refractivity (Wildman–Crippen MR) is 97.3 cm³/mol. The summed E-state index contributed by atoms with van der Waals surface area (Å²) in [7, 11) is 3.33. The highest BCUT2D eigenvalue weighted by Crippen LogP contribution is 2.64. The van der Waals surface area contributed by atoms with Crippen LogP contribution in [0.4, 0.5) is 0 Å². The minimum absolute atomic E-state index is 0.540. The molecule has 1 aliphatic heterocycles. The van der Waals surface area contributed by atoms with E-state index in [4.69, 9.17) is 0 Å². The lowest BCUT2D eigenvalue weighted by Crippen LogP contribution is -2.54. The first-order chi connectivity index (χ1) is 9.55. The van der Waals surface area contributed by atoms with Crippen LogP contribution in [0, 0.1) is 17.3 Å². The Morgan fingerprint density at radius 1 is 1.24 bits per heavy atom. The van der Waals surface area contributed by atoms with E-state index in [1.54, 1.807) is 16.7 Å². The van der Waals surface area contributed by atoms with Gasteiger partial charge in [-0.1, -0.05) is 50.6 Å². The van der Waals surface area contributed by atoms with Gasteiger partial charge in [-0.2, -0.15) is 0 Å². The molecule has 2 bridgehead atoms. The Kier molecular flexibility index (Phi) is 3.43. The number of nitrogens with zero attached hydrogens (tertiary/aromatic N) is 1. The molecule has 0 aromatic heterocycles. The zero-order valence-corrected chi connectivity index (χ0v) is 16.2. The van der Waals surface area contributed by atoms with Gasteiger partial charge in [-0.25, -0.2) is 0 Å². The van der Waals surface area contributed by atoms with Gasteiger partial charge in [0.25, 0.3) is 6.85 Å². The molecule has 3 aliphatic carbocycles. The molecule has 0 amide bonds. The molecule has 0 spiro atoms. The third-order valence-electron chi connectivity index (χ3n) is 6.81. The molecule has 0 N–H and O–H groups in total. The Morgan fingerprint density at radius 3 is 2.33 bits per heavy atom. The van der Waals surface area contributed by atoms with Crippen LogP contribution in [0.15, 0.2) is 22.7 Å². The van der Waals surface area contributed by atoms with Gasteiger partial charge >= 0.3 is 0 Å². The summed E-state index contributed by atoms with van der Waals surface area (Å²) in [5.74, 6) is 4.43. The molecule has 4 rings (SSSR count). The normalized spacial score (nSPS) is 34.6. The summed E-state index contributed by atoms with van der Waals surface area (Å²) < 4.78 is 0. The topological polar surface area (TPSA) is 3.24 Å².